The van der Waals surface area contributed by atoms with E-state index in [1.54, 1.807) is 6.07 Å². The highest BCUT2D eigenvalue weighted by Crippen LogP contribution is 2.35. The lowest BCUT2D eigenvalue weighted by atomic mass is 10.2. The number of aryl methyl sites for hydroxylation is 1. The van der Waals surface area contributed by atoms with E-state index < -0.39 is 49.3 Å². The summed E-state index contributed by atoms with van der Waals surface area (Å²) in [5, 5.41) is 9.06. The van der Waals surface area contributed by atoms with Crippen LogP contribution < -0.4 is 4.90 Å². The molecule has 1 aromatic carbocycles. The number of phosphoric ester groups is 1. The molecule has 0 aliphatic heterocycles. The molecule has 0 saturated carbocycles. The molecule has 0 atom stereocenters. The molecule has 2 aromatic rings. The fourth-order valence-electron chi connectivity index (χ4n) is 3.18. The van der Waals surface area contributed by atoms with Crippen LogP contribution in [0.5, 0.6) is 0 Å². The summed E-state index contributed by atoms with van der Waals surface area (Å²) in [5.41, 5.74) is -1.26. The SMILES string of the molecule is CCCCCC(=O)N(COC(=O)OCCOCCOP(=O)(O)O)c1nc2c(F)cc(C#N)c(F)c2n1C. The highest BCUT2D eigenvalue weighted by molar-refractivity contribution is 7.46. The van der Waals surface area contributed by atoms with Crippen LogP contribution in [0.25, 0.3) is 11.0 Å². The molecule has 0 bridgehead atoms. The number of rotatable bonds is 14. The second-order valence-corrected chi connectivity index (χ2v) is 8.83. The summed E-state index contributed by atoms with van der Waals surface area (Å²) in [7, 11) is -3.28. The van der Waals surface area contributed by atoms with Gasteiger partial charge in [0.2, 0.25) is 11.9 Å². The maximum absolute atomic E-state index is 14.7. The van der Waals surface area contributed by atoms with Crippen LogP contribution in [0, 0.1) is 23.0 Å². The van der Waals surface area contributed by atoms with E-state index in [1.807, 2.05) is 6.92 Å². The van der Waals surface area contributed by atoms with Crippen molar-refractivity contribution in [1.29, 1.82) is 5.26 Å². The Morgan fingerprint density at radius 2 is 1.89 bits per heavy atom. The molecule has 0 fully saturated rings. The van der Waals surface area contributed by atoms with Gasteiger partial charge in [-0.1, -0.05) is 19.8 Å². The number of hydrogen-bond donors (Lipinski definition) is 2. The van der Waals surface area contributed by atoms with E-state index in [0.717, 1.165) is 22.3 Å². The minimum Gasteiger partial charge on any atom is -0.432 e. The number of benzene rings is 1. The smallest absolute Gasteiger partial charge is 0.432 e. The van der Waals surface area contributed by atoms with Gasteiger partial charge >= 0.3 is 14.0 Å². The predicted octanol–water partition coefficient (Wildman–Crippen LogP) is 2.87. The summed E-state index contributed by atoms with van der Waals surface area (Å²) in [6, 6.07) is 2.26. The molecular formula is C21H27F2N4O9P. The zero-order valence-electron chi connectivity index (χ0n) is 20.2. The zero-order chi connectivity index (χ0) is 27.6. The van der Waals surface area contributed by atoms with E-state index in [4.69, 9.17) is 29.3 Å². The first-order chi connectivity index (χ1) is 17.5. The number of hydrogen-bond acceptors (Lipinski definition) is 9. The van der Waals surface area contributed by atoms with Gasteiger partial charge in [-0.05, 0) is 12.5 Å². The fraction of sp³-hybridized carbons (Fsp3) is 0.524. The van der Waals surface area contributed by atoms with E-state index in [0.29, 0.717) is 12.5 Å². The lowest BCUT2D eigenvalue weighted by Crippen LogP contribution is -2.36. The Labute approximate surface area is 210 Å². The number of carbonyl (C=O) groups is 2. The molecule has 1 amide bonds. The topological polar surface area (TPSA) is 173 Å². The first-order valence-corrected chi connectivity index (χ1v) is 12.6. The fourth-order valence-corrected chi connectivity index (χ4v) is 3.49. The van der Waals surface area contributed by atoms with Gasteiger partial charge in [-0.3, -0.25) is 9.32 Å². The third kappa shape index (κ3) is 8.73. The van der Waals surface area contributed by atoms with Crippen LogP contribution >= 0.6 is 7.82 Å². The number of carbonyl (C=O) groups excluding carboxylic acids is 2. The molecule has 0 spiro atoms. The molecule has 0 unspecified atom stereocenters. The molecule has 2 rings (SSSR count). The standard InChI is InChI=1S/C21H27F2N4O9P/c1-3-4-5-6-16(28)27(13-35-21(29)34-9-7-33-8-10-36-37(30,31)32)20-25-18-15(22)11-14(12-24)17(23)19(18)26(20)2/h11H,3-10,13H2,1-2H3,(H2,30,31,32). The van der Waals surface area contributed by atoms with Crippen molar-refractivity contribution in [2.75, 3.05) is 38.1 Å². The van der Waals surface area contributed by atoms with Crippen molar-refractivity contribution in [3.8, 4) is 6.07 Å². The number of unbranched alkanes of at least 4 members (excludes halogenated alkanes) is 2. The van der Waals surface area contributed by atoms with E-state index in [1.165, 1.54) is 7.05 Å². The van der Waals surface area contributed by atoms with Gasteiger partial charge in [0.05, 0.1) is 25.4 Å². The van der Waals surface area contributed by atoms with Crippen LogP contribution in [-0.4, -0.2) is 64.6 Å². The molecule has 13 nitrogen and oxygen atoms in total. The second-order valence-electron chi connectivity index (χ2n) is 7.59. The Morgan fingerprint density at radius 3 is 2.54 bits per heavy atom. The van der Waals surface area contributed by atoms with Gasteiger partial charge in [-0.25, -0.2) is 28.0 Å². The van der Waals surface area contributed by atoms with Crippen molar-refractivity contribution in [3.05, 3.63) is 23.3 Å². The number of aromatic nitrogens is 2. The summed E-state index contributed by atoms with van der Waals surface area (Å²) in [5.74, 6) is -2.69. The number of ether oxygens (including phenoxy) is 3. The first kappa shape index (κ1) is 30.1. The maximum Gasteiger partial charge on any atom is 0.510 e. The predicted molar refractivity (Wildman–Crippen MR) is 123 cm³/mol. The Balaban J connectivity index is 2.08. The van der Waals surface area contributed by atoms with Crippen molar-refractivity contribution < 1.29 is 51.5 Å². The van der Waals surface area contributed by atoms with E-state index in [2.05, 4.69) is 9.51 Å². The van der Waals surface area contributed by atoms with Crippen LogP contribution in [0.15, 0.2) is 6.07 Å². The van der Waals surface area contributed by atoms with Gasteiger partial charge in [0.1, 0.15) is 23.7 Å². The lowest BCUT2D eigenvalue weighted by molar-refractivity contribution is -0.119. The third-order valence-corrected chi connectivity index (χ3v) is 5.44. The van der Waals surface area contributed by atoms with Crippen LogP contribution in [-0.2, 0) is 35.1 Å². The molecule has 1 heterocycles. The van der Waals surface area contributed by atoms with Crippen LogP contribution in [0.3, 0.4) is 0 Å². The summed E-state index contributed by atoms with van der Waals surface area (Å²) in [6.07, 6.45) is 0.977. The van der Waals surface area contributed by atoms with Gasteiger partial charge < -0.3 is 28.6 Å². The van der Waals surface area contributed by atoms with Gasteiger partial charge in [0.15, 0.2) is 18.4 Å². The molecule has 0 radical (unpaired) electrons. The van der Waals surface area contributed by atoms with Crippen molar-refractivity contribution in [2.24, 2.45) is 7.05 Å². The monoisotopic (exact) mass is 548 g/mol. The Bertz CT molecular complexity index is 1200. The molecule has 16 heteroatoms. The average Bonchev–Trinajstić information content (AvgIpc) is 3.18. The molecule has 0 aliphatic carbocycles. The number of phosphoric acid groups is 1. The van der Waals surface area contributed by atoms with E-state index >= 15 is 0 Å². The zero-order valence-corrected chi connectivity index (χ0v) is 21.1. The van der Waals surface area contributed by atoms with Crippen LogP contribution in [0.4, 0.5) is 19.5 Å². The summed E-state index contributed by atoms with van der Waals surface area (Å²) in [4.78, 5) is 46.9. The van der Waals surface area contributed by atoms with Crippen molar-refractivity contribution in [2.45, 2.75) is 32.6 Å². The Kier molecular flexibility index (Phi) is 11.4. The van der Waals surface area contributed by atoms with Crippen molar-refractivity contribution >= 4 is 36.9 Å². The molecule has 0 aliphatic rings. The van der Waals surface area contributed by atoms with Crippen LogP contribution in [0.2, 0.25) is 0 Å². The third-order valence-electron chi connectivity index (χ3n) is 4.92. The van der Waals surface area contributed by atoms with Gasteiger partial charge in [0.25, 0.3) is 0 Å². The maximum atomic E-state index is 14.7. The van der Waals surface area contributed by atoms with Crippen molar-refractivity contribution in [3.63, 3.8) is 0 Å². The van der Waals surface area contributed by atoms with Crippen LogP contribution in [0.1, 0.15) is 38.2 Å². The largest absolute Gasteiger partial charge is 0.510 e. The van der Waals surface area contributed by atoms with E-state index in [-0.39, 0.29) is 44.3 Å². The van der Waals surface area contributed by atoms with Gasteiger partial charge in [-0.2, -0.15) is 5.26 Å². The minimum absolute atomic E-state index is 0.0500. The molecule has 2 N–H and O–H groups in total. The molecule has 0 saturated heterocycles. The normalized spacial score (nSPS) is 11.4. The number of fused-ring (bicyclic) bond motifs is 1. The summed E-state index contributed by atoms with van der Waals surface area (Å²) < 4.78 is 59.8. The number of nitriles is 1. The number of anilines is 1. The highest BCUT2D eigenvalue weighted by Gasteiger charge is 2.27. The van der Waals surface area contributed by atoms with Gasteiger partial charge in [-0.15, -0.1) is 0 Å². The quantitative estimate of drug-likeness (QED) is 0.154. The van der Waals surface area contributed by atoms with Gasteiger partial charge in [0, 0.05) is 13.5 Å². The Hall–Kier alpha value is -3.15. The highest BCUT2D eigenvalue weighted by atomic mass is 31.2. The van der Waals surface area contributed by atoms with E-state index in [9.17, 15) is 22.9 Å². The second kappa shape index (κ2) is 14.0. The molecule has 1 aromatic heterocycles. The minimum atomic E-state index is -4.60. The average molecular weight is 548 g/mol. The van der Waals surface area contributed by atoms with Crippen molar-refractivity contribution in [1.82, 2.24) is 9.55 Å². The number of halogens is 2. The lowest BCUT2D eigenvalue weighted by Gasteiger charge is -2.21. The first-order valence-electron chi connectivity index (χ1n) is 11.1. The number of imidazole rings is 1. The molecule has 37 heavy (non-hydrogen) atoms. The summed E-state index contributed by atoms with van der Waals surface area (Å²) in [6.45, 7) is 0.310. The molecular weight excluding hydrogens is 521 g/mol. The number of amides is 1. The summed E-state index contributed by atoms with van der Waals surface area (Å²) >= 11 is 0. The number of nitrogens with zero attached hydrogens (tertiary/aromatic N) is 4. The molecule has 204 valence electrons. The Morgan fingerprint density at radius 1 is 1.19 bits per heavy atom.